The van der Waals surface area contributed by atoms with E-state index in [-0.39, 0.29) is 5.91 Å². The molecule has 7 heteroatoms. The molecular weight excluding hydrogens is 416 g/mol. The third kappa shape index (κ3) is 4.86. The average Bonchev–Trinajstić information content (AvgIpc) is 3.21. The van der Waals surface area contributed by atoms with Crippen LogP contribution >= 0.6 is 0 Å². The fraction of sp³-hybridized carbons (Fsp3) is 0.115. The van der Waals surface area contributed by atoms with Crippen LogP contribution in [0, 0.1) is 11.3 Å². The van der Waals surface area contributed by atoms with Crippen LogP contribution in [0.15, 0.2) is 78.0 Å². The number of carbonyl (C=O) groups is 1. The predicted molar refractivity (Wildman–Crippen MR) is 127 cm³/mol. The Bertz CT molecular complexity index is 1340. The molecule has 7 nitrogen and oxygen atoms in total. The van der Waals surface area contributed by atoms with E-state index in [0.29, 0.717) is 29.2 Å². The van der Waals surface area contributed by atoms with Gasteiger partial charge in [-0.3, -0.25) is 4.79 Å². The molecule has 0 spiro atoms. The Morgan fingerprint density at radius 2 is 1.76 bits per heavy atom. The fourth-order valence-corrected chi connectivity index (χ4v) is 3.55. The average molecular weight is 438 g/mol. The van der Waals surface area contributed by atoms with E-state index in [1.807, 2.05) is 54.7 Å². The second-order valence-corrected chi connectivity index (χ2v) is 7.34. The van der Waals surface area contributed by atoms with E-state index in [2.05, 4.69) is 21.2 Å². The molecule has 0 bridgehead atoms. The number of aromatic nitrogens is 1. The molecule has 4 aromatic rings. The minimum absolute atomic E-state index is 0.371. The summed E-state index contributed by atoms with van der Waals surface area (Å²) in [6.45, 7) is 0.649. The minimum atomic E-state index is -0.371. The van der Waals surface area contributed by atoms with Crippen molar-refractivity contribution in [3.05, 3.63) is 95.2 Å². The second kappa shape index (κ2) is 9.71. The van der Waals surface area contributed by atoms with Crippen molar-refractivity contribution in [2.45, 2.75) is 6.54 Å². The van der Waals surface area contributed by atoms with Crippen molar-refractivity contribution in [2.24, 2.45) is 5.10 Å². The number of hydrogen-bond acceptors (Lipinski definition) is 5. The summed E-state index contributed by atoms with van der Waals surface area (Å²) in [6, 6.07) is 22.6. The molecule has 0 unspecified atom stereocenters. The number of fused-ring (bicyclic) bond motifs is 1. The Kier molecular flexibility index (Phi) is 6.37. The van der Waals surface area contributed by atoms with Gasteiger partial charge in [-0.25, -0.2) is 5.43 Å². The SMILES string of the molecule is COc1cc(OC)cc(C(=O)NN=Cc2cn(Cc3ccc(C#N)cc3)c3ccccc23)c1. The van der Waals surface area contributed by atoms with E-state index in [1.165, 1.54) is 14.2 Å². The van der Waals surface area contributed by atoms with Gasteiger partial charge in [-0.2, -0.15) is 10.4 Å². The maximum Gasteiger partial charge on any atom is 0.271 e. The van der Waals surface area contributed by atoms with Gasteiger partial charge < -0.3 is 14.0 Å². The lowest BCUT2D eigenvalue weighted by atomic mass is 10.1. The van der Waals surface area contributed by atoms with Crippen molar-refractivity contribution < 1.29 is 14.3 Å². The molecule has 0 aliphatic heterocycles. The summed E-state index contributed by atoms with van der Waals surface area (Å²) in [5, 5.41) is 14.2. The van der Waals surface area contributed by atoms with Crippen molar-refractivity contribution in [1.29, 1.82) is 5.26 Å². The summed E-state index contributed by atoms with van der Waals surface area (Å²) in [5.74, 6) is 0.675. The number of nitriles is 1. The first kappa shape index (κ1) is 21.7. The Balaban J connectivity index is 1.55. The molecule has 3 aromatic carbocycles. The lowest BCUT2D eigenvalue weighted by molar-refractivity contribution is 0.0954. The van der Waals surface area contributed by atoms with Gasteiger partial charge >= 0.3 is 0 Å². The van der Waals surface area contributed by atoms with Crippen LogP contribution in [-0.2, 0) is 6.54 Å². The van der Waals surface area contributed by atoms with Crippen molar-refractivity contribution >= 4 is 23.0 Å². The first-order valence-electron chi connectivity index (χ1n) is 10.2. The summed E-state index contributed by atoms with van der Waals surface area (Å²) >= 11 is 0. The topological polar surface area (TPSA) is 88.6 Å². The molecule has 4 rings (SSSR count). The summed E-state index contributed by atoms with van der Waals surface area (Å²) in [4.78, 5) is 12.6. The number of nitrogens with one attached hydrogen (secondary N) is 1. The standard InChI is InChI=1S/C26H22N4O3/c1-32-22-11-20(12-23(13-22)33-2)26(31)29-28-15-21-17-30(25-6-4-3-5-24(21)25)16-19-9-7-18(14-27)8-10-19/h3-13,15,17H,16H2,1-2H3,(H,29,31). The van der Waals surface area contributed by atoms with E-state index in [9.17, 15) is 4.79 Å². The molecule has 0 aliphatic rings. The Hall–Kier alpha value is -4.57. The van der Waals surface area contributed by atoms with E-state index < -0.39 is 0 Å². The number of carbonyl (C=O) groups excluding carboxylic acids is 1. The van der Waals surface area contributed by atoms with Crippen LogP contribution in [-0.4, -0.2) is 30.9 Å². The normalized spacial score (nSPS) is 10.8. The summed E-state index contributed by atoms with van der Waals surface area (Å²) in [6.07, 6.45) is 3.63. The smallest absolute Gasteiger partial charge is 0.271 e. The highest BCUT2D eigenvalue weighted by Gasteiger charge is 2.10. The highest BCUT2D eigenvalue weighted by atomic mass is 16.5. The molecule has 164 valence electrons. The van der Waals surface area contributed by atoms with Gasteiger partial charge in [0.1, 0.15) is 11.5 Å². The van der Waals surface area contributed by atoms with E-state index in [0.717, 1.165) is 22.0 Å². The zero-order chi connectivity index (χ0) is 23.2. The Morgan fingerprint density at radius 3 is 2.42 bits per heavy atom. The molecule has 0 fully saturated rings. The largest absolute Gasteiger partial charge is 0.497 e. The monoisotopic (exact) mass is 438 g/mol. The number of benzene rings is 3. The van der Waals surface area contributed by atoms with Gasteiger partial charge in [-0.1, -0.05) is 30.3 Å². The molecule has 0 saturated carbocycles. The van der Waals surface area contributed by atoms with Gasteiger partial charge in [-0.05, 0) is 35.9 Å². The van der Waals surface area contributed by atoms with Gasteiger partial charge in [-0.15, -0.1) is 0 Å². The fourth-order valence-electron chi connectivity index (χ4n) is 3.55. The third-order valence-electron chi connectivity index (χ3n) is 5.24. The Labute approximate surface area is 191 Å². The first-order valence-corrected chi connectivity index (χ1v) is 10.2. The molecule has 0 atom stereocenters. The zero-order valence-corrected chi connectivity index (χ0v) is 18.3. The molecule has 0 radical (unpaired) electrons. The molecular formula is C26H22N4O3. The lowest BCUT2D eigenvalue weighted by Crippen LogP contribution is -2.17. The van der Waals surface area contributed by atoms with Gasteiger partial charge in [0, 0.05) is 40.8 Å². The van der Waals surface area contributed by atoms with Gasteiger partial charge in [0.25, 0.3) is 5.91 Å². The van der Waals surface area contributed by atoms with Crippen molar-refractivity contribution in [3.63, 3.8) is 0 Å². The van der Waals surface area contributed by atoms with Crippen LogP contribution < -0.4 is 14.9 Å². The van der Waals surface area contributed by atoms with Crippen molar-refractivity contribution in [3.8, 4) is 17.6 Å². The van der Waals surface area contributed by atoms with Gasteiger partial charge in [0.15, 0.2) is 0 Å². The van der Waals surface area contributed by atoms with Gasteiger partial charge in [0.05, 0.1) is 32.1 Å². The maximum absolute atomic E-state index is 12.6. The lowest BCUT2D eigenvalue weighted by Gasteiger charge is -2.07. The minimum Gasteiger partial charge on any atom is -0.497 e. The summed E-state index contributed by atoms with van der Waals surface area (Å²) in [5.41, 5.74) is 6.59. The molecule has 1 amide bonds. The molecule has 1 heterocycles. The molecule has 0 saturated heterocycles. The number of rotatable bonds is 7. The summed E-state index contributed by atoms with van der Waals surface area (Å²) < 4.78 is 12.6. The van der Waals surface area contributed by atoms with Crippen molar-refractivity contribution in [2.75, 3.05) is 14.2 Å². The number of amides is 1. The van der Waals surface area contributed by atoms with E-state index in [4.69, 9.17) is 14.7 Å². The van der Waals surface area contributed by atoms with Crippen molar-refractivity contribution in [1.82, 2.24) is 9.99 Å². The summed E-state index contributed by atoms with van der Waals surface area (Å²) in [7, 11) is 3.06. The molecule has 1 N–H and O–H groups in total. The number of hydrazone groups is 1. The number of hydrogen-bond donors (Lipinski definition) is 1. The molecule has 0 aliphatic carbocycles. The van der Waals surface area contributed by atoms with Crippen LogP contribution in [0.5, 0.6) is 11.5 Å². The molecule has 33 heavy (non-hydrogen) atoms. The highest BCUT2D eigenvalue weighted by Crippen LogP contribution is 2.23. The quantitative estimate of drug-likeness (QED) is 0.343. The first-order chi connectivity index (χ1) is 16.1. The maximum atomic E-state index is 12.6. The van der Waals surface area contributed by atoms with E-state index >= 15 is 0 Å². The van der Waals surface area contributed by atoms with Crippen LogP contribution in [0.25, 0.3) is 10.9 Å². The van der Waals surface area contributed by atoms with Crippen LogP contribution in [0.4, 0.5) is 0 Å². The number of ether oxygens (including phenoxy) is 2. The second-order valence-electron chi connectivity index (χ2n) is 7.34. The zero-order valence-electron chi connectivity index (χ0n) is 18.3. The van der Waals surface area contributed by atoms with Crippen LogP contribution in [0.2, 0.25) is 0 Å². The number of para-hydroxylation sites is 1. The van der Waals surface area contributed by atoms with Gasteiger partial charge in [0.2, 0.25) is 0 Å². The Morgan fingerprint density at radius 1 is 1.06 bits per heavy atom. The van der Waals surface area contributed by atoms with Crippen LogP contribution in [0.3, 0.4) is 0 Å². The molecule has 1 aromatic heterocycles. The van der Waals surface area contributed by atoms with E-state index in [1.54, 1.807) is 24.4 Å². The third-order valence-corrected chi connectivity index (χ3v) is 5.24. The number of methoxy groups -OCH3 is 2. The number of nitrogens with zero attached hydrogens (tertiary/aromatic N) is 3. The van der Waals surface area contributed by atoms with Crippen LogP contribution in [0.1, 0.15) is 27.0 Å². The highest BCUT2D eigenvalue weighted by molar-refractivity contribution is 6.00. The predicted octanol–water partition coefficient (Wildman–Crippen LogP) is 4.34.